The summed E-state index contributed by atoms with van der Waals surface area (Å²) in [5, 5.41) is 0. The first kappa shape index (κ1) is 20.5. The highest BCUT2D eigenvalue weighted by Gasteiger charge is 2.36. The number of fused-ring (bicyclic) bond motifs is 1. The fourth-order valence-corrected chi connectivity index (χ4v) is 4.33. The van der Waals surface area contributed by atoms with Crippen LogP contribution in [0.2, 0.25) is 0 Å². The van der Waals surface area contributed by atoms with Crippen molar-refractivity contribution in [3.8, 4) is 11.5 Å². The van der Waals surface area contributed by atoms with E-state index in [9.17, 15) is 21.6 Å². The molecule has 1 heterocycles. The van der Waals surface area contributed by atoms with Gasteiger partial charge in [0.25, 0.3) is 0 Å². The molecule has 0 aromatic heterocycles. The molecule has 28 heavy (non-hydrogen) atoms. The molecule has 2 aromatic rings. The number of halogens is 3. The van der Waals surface area contributed by atoms with Gasteiger partial charge in [-0.25, -0.2) is 13.1 Å². The second-order valence-electron chi connectivity index (χ2n) is 6.45. The molecule has 9 heteroatoms. The van der Waals surface area contributed by atoms with Crippen LogP contribution in [0.15, 0.2) is 41.3 Å². The van der Waals surface area contributed by atoms with Gasteiger partial charge in [0.1, 0.15) is 17.6 Å². The third kappa shape index (κ3) is 4.25. The molecular weight excluding hydrogens is 395 g/mol. The molecule has 2 aromatic carbocycles. The Hall–Kier alpha value is -2.26. The van der Waals surface area contributed by atoms with Crippen molar-refractivity contribution in [3.63, 3.8) is 0 Å². The van der Waals surface area contributed by atoms with Crippen molar-refractivity contribution in [1.29, 1.82) is 0 Å². The molecule has 1 N–H and O–H groups in total. The van der Waals surface area contributed by atoms with Gasteiger partial charge < -0.3 is 9.47 Å². The van der Waals surface area contributed by atoms with E-state index in [0.29, 0.717) is 30.1 Å². The average Bonchev–Trinajstić information content (AvgIpc) is 2.98. The van der Waals surface area contributed by atoms with Gasteiger partial charge in [0.15, 0.2) is 0 Å². The molecule has 0 unspecified atom stereocenters. The summed E-state index contributed by atoms with van der Waals surface area (Å²) in [6, 6.07) is 7.53. The van der Waals surface area contributed by atoms with Crippen LogP contribution in [-0.4, -0.2) is 21.1 Å². The summed E-state index contributed by atoms with van der Waals surface area (Å²) in [5.41, 5.74) is 0.228. The van der Waals surface area contributed by atoms with Gasteiger partial charge in [0, 0.05) is 24.1 Å². The van der Waals surface area contributed by atoms with Crippen LogP contribution >= 0.6 is 0 Å². The van der Waals surface area contributed by atoms with E-state index in [-0.39, 0.29) is 12.6 Å². The van der Waals surface area contributed by atoms with Crippen molar-refractivity contribution in [2.45, 2.75) is 44.0 Å². The highest BCUT2D eigenvalue weighted by Crippen LogP contribution is 2.36. The lowest BCUT2D eigenvalue weighted by Crippen LogP contribution is -2.26. The molecule has 1 aliphatic heterocycles. The Morgan fingerprint density at radius 1 is 1.25 bits per heavy atom. The maximum atomic E-state index is 13.2. The van der Waals surface area contributed by atoms with Gasteiger partial charge in [-0.2, -0.15) is 13.2 Å². The minimum absolute atomic E-state index is 0.00455. The third-order valence-corrected chi connectivity index (χ3v) is 5.77. The monoisotopic (exact) mass is 415 g/mol. The first-order chi connectivity index (χ1) is 13.1. The van der Waals surface area contributed by atoms with E-state index in [1.54, 1.807) is 19.1 Å². The largest absolute Gasteiger partial charge is 0.494 e. The fraction of sp³-hybridized carbons (Fsp3) is 0.368. The first-order valence-electron chi connectivity index (χ1n) is 8.73. The van der Waals surface area contributed by atoms with E-state index in [0.717, 1.165) is 23.8 Å². The molecule has 0 saturated heterocycles. The summed E-state index contributed by atoms with van der Waals surface area (Å²) in [7, 11) is -4.40. The molecule has 0 saturated carbocycles. The zero-order chi connectivity index (χ0) is 20.5. The lowest BCUT2D eigenvalue weighted by atomic mass is 10.1. The van der Waals surface area contributed by atoms with Crippen LogP contribution in [0.5, 0.6) is 11.5 Å². The number of hydrogen-bond acceptors (Lipinski definition) is 4. The van der Waals surface area contributed by atoms with Crippen LogP contribution in [0.3, 0.4) is 0 Å². The van der Waals surface area contributed by atoms with Gasteiger partial charge in [-0.05, 0) is 38.1 Å². The number of rotatable bonds is 6. The predicted molar refractivity (Wildman–Crippen MR) is 96.9 cm³/mol. The lowest BCUT2D eigenvalue weighted by Gasteiger charge is -2.16. The normalized spacial score (nSPS) is 16.5. The Balaban J connectivity index is 1.89. The minimum Gasteiger partial charge on any atom is -0.494 e. The maximum Gasteiger partial charge on any atom is 0.417 e. The van der Waals surface area contributed by atoms with Gasteiger partial charge in [-0.1, -0.05) is 12.1 Å². The number of nitrogens with one attached hydrogen (secondary N) is 1. The quantitative estimate of drug-likeness (QED) is 0.777. The molecule has 152 valence electrons. The van der Waals surface area contributed by atoms with E-state index in [2.05, 4.69) is 4.72 Å². The number of hydrogen-bond donors (Lipinski definition) is 1. The molecule has 0 aliphatic carbocycles. The molecule has 0 amide bonds. The summed E-state index contributed by atoms with van der Waals surface area (Å²) in [5.74, 6) is 1.10. The van der Waals surface area contributed by atoms with Crippen LogP contribution in [0.4, 0.5) is 13.2 Å². The lowest BCUT2D eigenvalue weighted by molar-refractivity contribution is -0.139. The van der Waals surface area contributed by atoms with E-state index in [1.165, 1.54) is 6.07 Å². The summed E-state index contributed by atoms with van der Waals surface area (Å²) in [6.45, 7) is 3.84. The molecular formula is C19H20F3NO4S. The zero-order valence-corrected chi connectivity index (χ0v) is 16.2. The van der Waals surface area contributed by atoms with Crippen molar-refractivity contribution in [3.05, 3.63) is 53.1 Å². The summed E-state index contributed by atoms with van der Waals surface area (Å²) in [6.07, 6.45) is -4.07. The SMILES string of the molecule is CCOc1cc2c(cc1CNS(=O)(=O)c1ccccc1C(F)(F)F)O[C@@H](C)C2. The van der Waals surface area contributed by atoms with E-state index in [1.807, 2.05) is 6.92 Å². The molecule has 0 radical (unpaired) electrons. The van der Waals surface area contributed by atoms with Gasteiger partial charge in [0.2, 0.25) is 10.0 Å². The summed E-state index contributed by atoms with van der Waals surface area (Å²) >= 11 is 0. The van der Waals surface area contributed by atoms with E-state index >= 15 is 0 Å². The molecule has 0 spiro atoms. The zero-order valence-electron chi connectivity index (χ0n) is 15.3. The molecule has 1 atom stereocenters. The second kappa shape index (κ2) is 7.63. The maximum absolute atomic E-state index is 13.2. The highest BCUT2D eigenvalue weighted by atomic mass is 32.2. The Morgan fingerprint density at radius 3 is 2.64 bits per heavy atom. The van der Waals surface area contributed by atoms with Crippen molar-refractivity contribution < 1.29 is 31.1 Å². The predicted octanol–water partition coefficient (Wildman–Crippen LogP) is 3.91. The van der Waals surface area contributed by atoms with Crippen LogP contribution in [-0.2, 0) is 29.2 Å². The smallest absolute Gasteiger partial charge is 0.417 e. The van der Waals surface area contributed by atoms with Crippen molar-refractivity contribution in [1.82, 2.24) is 4.72 Å². The van der Waals surface area contributed by atoms with Crippen molar-refractivity contribution in [2.75, 3.05) is 6.61 Å². The Morgan fingerprint density at radius 2 is 1.96 bits per heavy atom. The van der Waals surface area contributed by atoms with Gasteiger partial charge in [-0.15, -0.1) is 0 Å². The highest BCUT2D eigenvalue weighted by molar-refractivity contribution is 7.89. The molecule has 3 rings (SSSR count). The average molecular weight is 415 g/mol. The fourth-order valence-electron chi connectivity index (χ4n) is 3.10. The van der Waals surface area contributed by atoms with Gasteiger partial charge in [0.05, 0.1) is 17.1 Å². The second-order valence-corrected chi connectivity index (χ2v) is 8.19. The Bertz CT molecular complexity index is 974. The minimum atomic E-state index is -4.78. The number of alkyl halides is 3. The molecule has 0 fully saturated rings. The van der Waals surface area contributed by atoms with Crippen LogP contribution in [0.1, 0.15) is 30.5 Å². The number of benzene rings is 2. The van der Waals surface area contributed by atoms with Crippen LogP contribution in [0.25, 0.3) is 0 Å². The van der Waals surface area contributed by atoms with Gasteiger partial charge >= 0.3 is 6.18 Å². The molecule has 5 nitrogen and oxygen atoms in total. The topological polar surface area (TPSA) is 64.6 Å². The van der Waals surface area contributed by atoms with Crippen LogP contribution in [0, 0.1) is 0 Å². The van der Waals surface area contributed by atoms with E-state index < -0.39 is 26.7 Å². The summed E-state index contributed by atoms with van der Waals surface area (Å²) < 4.78 is 78.1. The Kier molecular flexibility index (Phi) is 5.58. The Labute approximate surface area is 161 Å². The third-order valence-electron chi connectivity index (χ3n) is 4.31. The first-order valence-corrected chi connectivity index (χ1v) is 10.2. The number of ether oxygens (including phenoxy) is 2. The van der Waals surface area contributed by atoms with Gasteiger partial charge in [-0.3, -0.25) is 0 Å². The van der Waals surface area contributed by atoms with Crippen LogP contribution < -0.4 is 14.2 Å². The molecule has 0 bridgehead atoms. The van der Waals surface area contributed by atoms with Crippen molar-refractivity contribution in [2.24, 2.45) is 0 Å². The van der Waals surface area contributed by atoms with Crippen molar-refractivity contribution >= 4 is 10.0 Å². The van der Waals surface area contributed by atoms with E-state index in [4.69, 9.17) is 9.47 Å². The molecule has 1 aliphatic rings. The summed E-state index contributed by atoms with van der Waals surface area (Å²) in [4.78, 5) is -0.813. The number of sulfonamides is 1. The standard InChI is InChI=1S/C19H20F3NO4S/c1-3-26-16-9-13-8-12(2)27-17(13)10-14(16)11-23-28(24,25)18-7-5-4-6-15(18)19(20,21)22/h4-7,9-10,12,23H,3,8,11H2,1-2H3/t12-/m0/s1.